The van der Waals surface area contributed by atoms with Gasteiger partial charge in [-0.25, -0.2) is 14.8 Å². The first-order chi connectivity index (χ1) is 13.7. The molecule has 0 saturated carbocycles. The van der Waals surface area contributed by atoms with Gasteiger partial charge in [0.15, 0.2) is 5.65 Å². The number of benzene rings is 1. The molecule has 1 aliphatic rings. The van der Waals surface area contributed by atoms with Crippen LogP contribution in [0, 0.1) is 0 Å². The van der Waals surface area contributed by atoms with Gasteiger partial charge >= 0.3 is 6.03 Å². The zero-order valence-corrected chi connectivity index (χ0v) is 16.6. The van der Waals surface area contributed by atoms with Crippen molar-refractivity contribution < 1.29 is 4.79 Å². The van der Waals surface area contributed by atoms with E-state index >= 15 is 0 Å². The lowest BCUT2D eigenvalue weighted by atomic mass is 10.1. The van der Waals surface area contributed by atoms with Gasteiger partial charge in [-0.2, -0.15) is 0 Å². The molecule has 2 aromatic heterocycles. The van der Waals surface area contributed by atoms with E-state index in [9.17, 15) is 4.79 Å². The fourth-order valence-corrected chi connectivity index (χ4v) is 3.92. The lowest BCUT2D eigenvalue weighted by Crippen LogP contribution is -2.33. The number of amides is 2. The second kappa shape index (κ2) is 8.00. The summed E-state index contributed by atoms with van der Waals surface area (Å²) in [4.78, 5) is 24.0. The van der Waals surface area contributed by atoms with Gasteiger partial charge in [0.05, 0.1) is 6.04 Å². The zero-order valence-electron chi connectivity index (χ0n) is 16.6. The Morgan fingerprint density at radius 1 is 1.21 bits per heavy atom. The van der Waals surface area contributed by atoms with Crippen LogP contribution >= 0.6 is 0 Å². The molecule has 0 radical (unpaired) electrons. The summed E-state index contributed by atoms with van der Waals surface area (Å²) in [6.45, 7) is 5.70. The molecule has 3 heterocycles. The molecule has 28 heavy (non-hydrogen) atoms. The van der Waals surface area contributed by atoms with Gasteiger partial charge in [-0.1, -0.05) is 26.0 Å². The number of likely N-dealkylation sites (tertiary alicyclic amines) is 1. The van der Waals surface area contributed by atoms with Gasteiger partial charge in [-0.3, -0.25) is 0 Å². The number of anilines is 1. The smallest absolute Gasteiger partial charge is 0.321 e. The molecule has 0 unspecified atom stereocenters. The highest BCUT2D eigenvalue weighted by Crippen LogP contribution is 2.28. The Bertz CT molecular complexity index is 963. The summed E-state index contributed by atoms with van der Waals surface area (Å²) in [7, 11) is 0. The normalized spacial score (nSPS) is 16.6. The monoisotopic (exact) mass is 377 g/mol. The fourth-order valence-electron chi connectivity index (χ4n) is 3.92. The largest absolute Gasteiger partial charge is 0.322 e. The fraction of sp³-hybridized carbons (Fsp3) is 0.409. The molecular weight excluding hydrogens is 350 g/mol. The molecule has 6 nitrogen and oxygen atoms in total. The van der Waals surface area contributed by atoms with E-state index in [1.165, 1.54) is 5.56 Å². The lowest BCUT2D eigenvalue weighted by molar-refractivity contribution is 0.221. The number of rotatable bonds is 5. The predicted octanol–water partition coefficient (Wildman–Crippen LogP) is 4.43. The maximum absolute atomic E-state index is 12.7. The highest BCUT2D eigenvalue weighted by Gasteiger charge is 2.30. The van der Waals surface area contributed by atoms with Crippen LogP contribution in [0.15, 0.2) is 42.6 Å². The summed E-state index contributed by atoms with van der Waals surface area (Å²) < 4.78 is 2.25. The van der Waals surface area contributed by atoms with Crippen molar-refractivity contribution in [2.24, 2.45) is 0 Å². The third kappa shape index (κ3) is 3.59. The number of aryl methyl sites for hydroxylation is 2. The van der Waals surface area contributed by atoms with Crippen LogP contribution in [0.25, 0.3) is 11.2 Å². The van der Waals surface area contributed by atoms with Gasteiger partial charge in [0.2, 0.25) is 0 Å². The highest BCUT2D eigenvalue weighted by molar-refractivity contribution is 5.89. The van der Waals surface area contributed by atoms with E-state index < -0.39 is 0 Å². The van der Waals surface area contributed by atoms with E-state index in [0.717, 1.165) is 54.9 Å². The first kappa shape index (κ1) is 18.5. The van der Waals surface area contributed by atoms with Crippen LogP contribution in [0.3, 0.4) is 0 Å². The van der Waals surface area contributed by atoms with Crippen molar-refractivity contribution >= 4 is 22.9 Å². The first-order valence-electron chi connectivity index (χ1n) is 10.2. The molecule has 0 spiro atoms. The number of hydrogen-bond acceptors (Lipinski definition) is 3. The van der Waals surface area contributed by atoms with Crippen molar-refractivity contribution in [3.8, 4) is 0 Å². The quantitative estimate of drug-likeness (QED) is 0.716. The number of nitrogens with zero attached hydrogens (tertiary/aromatic N) is 4. The number of nitrogens with one attached hydrogen (secondary N) is 1. The molecule has 1 atom stereocenters. The minimum atomic E-state index is -0.0406. The molecule has 1 fully saturated rings. The Kier molecular flexibility index (Phi) is 5.28. The molecule has 3 aromatic rings. The third-order valence-electron chi connectivity index (χ3n) is 5.42. The van der Waals surface area contributed by atoms with Crippen molar-refractivity contribution in [3.63, 3.8) is 0 Å². The number of hydrogen-bond donors (Lipinski definition) is 1. The summed E-state index contributed by atoms with van der Waals surface area (Å²) in [5.74, 6) is 1.07. The summed E-state index contributed by atoms with van der Waals surface area (Å²) >= 11 is 0. The predicted molar refractivity (Wildman–Crippen MR) is 112 cm³/mol. The average Bonchev–Trinajstić information content (AvgIpc) is 3.33. The number of carbonyl (C=O) groups is 1. The van der Waals surface area contributed by atoms with E-state index in [0.29, 0.717) is 6.54 Å². The Labute approximate surface area is 165 Å². The van der Waals surface area contributed by atoms with Crippen LogP contribution in [-0.2, 0) is 12.8 Å². The SMILES string of the molecule is CCCc1nc2cccnc2n1[C@@H]1CCN(C(=O)Nc2ccc(CC)cc2)C1. The number of carbonyl (C=O) groups excluding carboxylic acids is 1. The van der Waals surface area contributed by atoms with Crippen LogP contribution in [-0.4, -0.2) is 38.6 Å². The van der Waals surface area contributed by atoms with Crippen LogP contribution in [0.2, 0.25) is 0 Å². The van der Waals surface area contributed by atoms with Gasteiger partial charge in [0, 0.05) is 31.4 Å². The van der Waals surface area contributed by atoms with Crippen molar-refractivity contribution in [3.05, 3.63) is 54.0 Å². The Morgan fingerprint density at radius 2 is 2.04 bits per heavy atom. The van der Waals surface area contributed by atoms with Crippen molar-refractivity contribution in [1.29, 1.82) is 0 Å². The Balaban J connectivity index is 1.50. The van der Waals surface area contributed by atoms with Crippen LogP contribution in [0.1, 0.15) is 44.1 Å². The first-order valence-corrected chi connectivity index (χ1v) is 10.2. The molecule has 1 N–H and O–H groups in total. The molecule has 1 aromatic carbocycles. The lowest BCUT2D eigenvalue weighted by Gasteiger charge is -2.19. The maximum Gasteiger partial charge on any atom is 0.321 e. The zero-order chi connectivity index (χ0) is 19.5. The van der Waals surface area contributed by atoms with E-state index in [1.54, 1.807) is 0 Å². The number of pyridine rings is 1. The molecule has 0 aliphatic carbocycles. The van der Waals surface area contributed by atoms with E-state index in [2.05, 4.69) is 40.8 Å². The molecule has 2 amide bonds. The van der Waals surface area contributed by atoms with Crippen molar-refractivity contribution in [2.45, 2.75) is 45.6 Å². The third-order valence-corrected chi connectivity index (χ3v) is 5.42. The van der Waals surface area contributed by atoms with Crippen LogP contribution in [0.4, 0.5) is 10.5 Å². The molecule has 1 saturated heterocycles. The van der Waals surface area contributed by atoms with Gasteiger partial charge in [0.1, 0.15) is 11.3 Å². The number of aromatic nitrogens is 3. The van der Waals surface area contributed by atoms with Crippen LogP contribution in [0.5, 0.6) is 0 Å². The second-order valence-electron chi connectivity index (χ2n) is 7.36. The number of imidazole rings is 1. The van der Waals surface area contributed by atoms with E-state index in [4.69, 9.17) is 4.98 Å². The second-order valence-corrected chi connectivity index (χ2v) is 7.36. The maximum atomic E-state index is 12.7. The molecule has 0 bridgehead atoms. The number of urea groups is 1. The molecule has 4 rings (SSSR count). The summed E-state index contributed by atoms with van der Waals surface area (Å²) in [5, 5.41) is 3.02. The molecular formula is C22H27N5O. The summed E-state index contributed by atoms with van der Waals surface area (Å²) in [6, 6.07) is 12.2. The van der Waals surface area contributed by atoms with Gasteiger partial charge < -0.3 is 14.8 Å². The highest BCUT2D eigenvalue weighted by atomic mass is 16.2. The van der Waals surface area contributed by atoms with Gasteiger partial charge in [-0.05, 0) is 49.1 Å². The molecule has 146 valence electrons. The van der Waals surface area contributed by atoms with Crippen molar-refractivity contribution in [1.82, 2.24) is 19.4 Å². The summed E-state index contributed by atoms with van der Waals surface area (Å²) in [6.07, 6.45) is 5.68. The minimum absolute atomic E-state index is 0.0406. The molecule has 1 aliphatic heterocycles. The minimum Gasteiger partial charge on any atom is -0.322 e. The standard InChI is InChI=1S/C22H27N5O/c1-3-6-20-25-19-7-5-13-23-21(19)27(20)18-12-14-26(15-18)22(28)24-17-10-8-16(4-2)9-11-17/h5,7-11,13,18H,3-4,6,12,14-15H2,1-2H3,(H,24,28)/t18-/m1/s1. The molecule has 6 heteroatoms. The van der Waals surface area contributed by atoms with Crippen LogP contribution < -0.4 is 5.32 Å². The van der Waals surface area contributed by atoms with Crippen molar-refractivity contribution in [2.75, 3.05) is 18.4 Å². The Morgan fingerprint density at radius 3 is 2.79 bits per heavy atom. The van der Waals surface area contributed by atoms with E-state index in [1.807, 2.05) is 35.4 Å². The average molecular weight is 377 g/mol. The topological polar surface area (TPSA) is 63.1 Å². The van der Waals surface area contributed by atoms with Gasteiger partial charge in [0.25, 0.3) is 0 Å². The summed E-state index contributed by atoms with van der Waals surface area (Å²) in [5.41, 5.74) is 3.97. The number of fused-ring (bicyclic) bond motifs is 1. The Hall–Kier alpha value is -2.89. The van der Waals surface area contributed by atoms with E-state index in [-0.39, 0.29) is 12.1 Å². The van der Waals surface area contributed by atoms with Gasteiger partial charge in [-0.15, -0.1) is 0 Å².